The number of rotatable bonds is 10. The smallest absolute Gasteiger partial charge is 0.259 e. The van der Waals surface area contributed by atoms with Crippen LogP contribution >= 0.6 is 0 Å². The van der Waals surface area contributed by atoms with Gasteiger partial charge in [-0.3, -0.25) is 14.4 Å². The van der Waals surface area contributed by atoms with E-state index in [9.17, 15) is 22.8 Å². The van der Waals surface area contributed by atoms with Crippen molar-refractivity contribution in [3.8, 4) is 0 Å². The second-order valence-corrected chi connectivity index (χ2v) is 12.2. The molecule has 214 valence electrons. The lowest BCUT2D eigenvalue weighted by atomic mass is 10.00. The normalized spacial score (nSPS) is 13.0. The molecule has 0 unspecified atom stereocenters. The van der Waals surface area contributed by atoms with Gasteiger partial charge >= 0.3 is 0 Å². The summed E-state index contributed by atoms with van der Waals surface area (Å²) >= 11 is 0. The predicted octanol–water partition coefficient (Wildman–Crippen LogP) is 3.35. The van der Waals surface area contributed by atoms with Gasteiger partial charge in [0, 0.05) is 42.6 Å². The summed E-state index contributed by atoms with van der Waals surface area (Å²) in [7, 11) is -2.84. The molecule has 0 aliphatic rings. The first-order chi connectivity index (χ1) is 19.4. The number of amides is 3. The van der Waals surface area contributed by atoms with Crippen molar-refractivity contribution in [3.63, 3.8) is 0 Å². The van der Waals surface area contributed by atoms with Crippen LogP contribution in [0.5, 0.6) is 0 Å². The maximum atomic E-state index is 14.3. The van der Waals surface area contributed by atoms with E-state index in [1.165, 1.54) is 11.9 Å². The van der Waals surface area contributed by atoms with Gasteiger partial charge in [0.2, 0.25) is 15.9 Å². The van der Waals surface area contributed by atoms with E-state index in [-0.39, 0.29) is 12.8 Å². The number of nitrogens with two attached hydrogens (primary N) is 1. The molecule has 41 heavy (non-hydrogen) atoms. The molecule has 3 aromatic carbocycles. The zero-order chi connectivity index (χ0) is 29.9. The number of sulfonamides is 1. The van der Waals surface area contributed by atoms with Gasteiger partial charge < -0.3 is 15.6 Å². The number of hydrogen-bond acceptors (Lipinski definition) is 5. The predicted molar refractivity (Wildman–Crippen MR) is 159 cm³/mol. The third-order valence-corrected chi connectivity index (χ3v) is 8.24. The summed E-state index contributed by atoms with van der Waals surface area (Å²) in [5.41, 5.74) is 10.0. The molecule has 1 heterocycles. The lowest BCUT2D eigenvalue weighted by molar-refractivity contribution is -0.137. The maximum absolute atomic E-state index is 14.3. The minimum atomic E-state index is -4.30. The van der Waals surface area contributed by atoms with Crippen molar-refractivity contribution in [3.05, 3.63) is 107 Å². The summed E-state index contributed by atoms with van der Waals surface area (Å²) in [4.78, 5) is 45.1. The van der Waals surface area contributed by atoms with Crippen LogP contribution in [0.1, 0.15) is 32.6 Å². The molecule has 3 N–H and O–H groups in total. The van der Waals surface area contributed by atoms with Crippen LogP contribution in [-0.4, -0.2) is 65.7 Å². The number of carbonyl (C=O) groups excluding carboxylic acids is 3. The monoisotopic (exact) mass is 574 g/mol. The van der Waals surface area contributed by atoms with Crippen LogP contribution in [0.3, 0.4) is 0 Å². The van der Waals surface area contributed by atoms with Crippen LogP contribution in [0.4, 0.5) is 0 Å². The fourth-order valence-corrected chi connectivity index (χ4v) is 6.26. The largest absolute Gasteiger partial charge is 0.368 e. The molecular formula is C31H34N4O5S. The number of primary amides is 1. The quantitative estimate of drug-likeness (QED) is 0.300. The summed E-state index contributed by atoms with van der Waals surface area (Å²) in [6, 6.07) is 18.9. The Kier molecular flexibility index (Phi) is 8.63. The van der Waals surface area contributed by atoms with Gasteiger partial charge in [-0.25, -0.2) is 12.7 Å². The van der Waals surface area contributed by atoms with E-state index in [1.807, 2.05) is 50.2 Å². The summed E-state index contributed by atoms with van der Waals surface area (Å²) in [5.74, 6) is -2.34. The molecule has 0 radical (unpaired) electrons. The van der Waals surface area contributed by atoms with E-state index in [4.69, 9.17) is 5.73 Å². The Morgan fingerprint density at radius 2 is 1.49 bits per heavy atom. The molecule has 0 bridgehead atoms. The maximum Gasteiger partial charge on any atom is 0.259 e. The molecule has 9 nitrogen and oxygen atoms in total. The summed E-state index contributed by atoms with van der Waals surface area (Å²) in [5, 5.41) is 0.780. The van der Waals surface area contributed by atoms with E-state index < -0.39 is 39.8 Å². The van der Waals surface area contributed by atoms with Crippen molar-refractivity contribution >= 4 is 38.6 Å². The summed E-state index contributed by atoms with van der Waals surface area (Å²) < 4.78 is 27.0. The van der Waals surface area contributed by atoms with Crippen molar-refractivity contribution in [1.82, 2.24) is 14.2 Å². The van der Waals surface area contributed by atoms with Crippen LogP contribution in [0.25, 0.3) is 10.9 Å². The number of nitrogens with one attached hydrogen (secondary N) is 1. The highest BCUT2D eigenvalue weighted by Crippen LogP contribution is 2.24. The first-order valence-corrected chi connectivity index (χ1v) is 15.0. The van der Waals surface area contributed by atoms with Gasteiger partial charge in [0.15, 0.2) is 0 Å². The first kappa shape index (κ1) is 29.5. The Bertz CT molecular complexity index is 1680. The van der Waals surface area contributed by atoms with Gasteiger partial charge in [-0.05, 0) is 43.2 Å². The third kappa shape index (κ3) is 6.66. The molecule has 0 aliphatic carbocycles. The SMILES string of the molecule is Cc1cc(C)cc(C(=O)N(C)[C@@H](Cc2ccccc2)C(=O)N([C@@H](Cc2c[nH]c3ccccc23)C(N)=O)S(C)(=O)=O)c1. The molecule has 1 aromatic heterocycles. The van der Waals surface area contributed by atoms with Crippen molar-refractivity contribution in [2.75, 3.05) is 13.3 Å². The van der Waals surface area contributed by atoms with Crippen molar-refractivity contribution in [2.45, 2.75) is 38.8 Å². The highest BCUT2D eigenvalue weighted by atomic mass is 32.2. The zero-order valence-corrected chi connectivity index (χ0v) is 24.3. The van der Waals surface area contributed by atoms with E-state index in [0.29, 0.717) is 21.0 Å². The van der Waals surface area contributed by atoms with E-state index in [2.05, 4.69) is 4.98 Å². The van der Waals surface area contributed by atoms with Crippen molar-refractivity contribution < 1.29 is 22.8 Å². The van der Waals surface area contributed by atoms with Crippen LogP contribution in [-0.2, 0) is 32.5 Å². The highest BCUT2D eigenvalue weighted by Gasteiger charge is 2.41. The third-order valence-electron chi connectivity index (χ3n) is 7.09. The zero-order valence-electron chi connectivity index (χ0n) is 23.5. The minimum absolute atomic E-state index is 0.0251. The molecule has 4 aromatic rings. The van der Waals surface area contributed by atoms with Gasteiger partial charge in [-0.1, -0.05) is 65.7 Å². The Morgan fingerprint density at radius 3 is 2.10 bits per heavy atom. The van der Waals surface area contributed by atoms with Crippen LogP contribution in [0, 0.1) is 13.8 Å². The van der Waals surface area contributed by atoms with Gasteiger partial charge in [-0.15, -0.1) is 0 Å². The number of likely N-dealkylation sites (N-methyl/N-ethyl adjacent to an activating group) is 1. The fraction of sp³-hybridized carbons (Fsp3) is 0.258. The number of aromatic nitrogens is 1. The average molecular weight is 575 g/mol. The molecule has 0 aliphatic heterocycles. The number of nitrogens with zero attached hydrogens (tertiary/aromatic N) is 2. The second-order valence-electron chi connectivity index (χ2n) is 10.4. The number of para-hydroxylation sites is 1. The van der Waals surface area contributed by atoms with Gasteiger partial charge in [0.1, 0.15) is 12.1 Å². The fourth-order valence-electron chi connectivity index (χ4n) is 5.17. The Hall–Kier alpha value is -4.44. The Morgan fingerprint density at radius 1 is 0.878 bits per heavy atom. The van der Waals surface area contributed by atoms with E-state index >= 15 is 0 Å². The number of hydrogen-bond donors (Lipinski definition) is 2. The lowest BCUT2D eigenvalue weighted by Crippen LogP contribution is -2.58. The highest BCUT2D eigenvalue weighted by molar-refractivity contribution is 7.89. The molecule has 4 rings (SSSR count). The van der Waals surface area contributed by atoms with Crippen LogP contribution in [0.15, 0.2) is 79.0 Å². The standard InChI is InChI=1S/C31H34N4O5S/c1-20-14-21(2)16-23(15-20)30(37)34(3)28(17-22-10-6-5-7-11-22)31(38)35(41(4,39)40)27(29(32)36)18-24-19-33-26-13-9-8-12-25(24)26/h5-16,19,27-28,33H,17-18H2,1-4H3,(H2,32,36)/t27-,28-/m0/s1. The molecule has 0 spiro atoms. The van der Waals surface area contributed by atoms with Gasteiger partial charge in [-0.2, -0.15) is 0 Å². The average Bonchev–Trinajstić information content (AvgIpc) is 3.32. The van der Waals surface area contributed by atoms with Crippen molar-refractivity contribution in [1.29, 1.82) is 0 Å². The molecular weight excluding hydrogens is 540 g/mol. The first-order valence-electron chi connectivity index (χ1n) is 13.1. The number of aromatic amines is 1. The number of fused-ring (bicyclic) bond motifs is 1. The Labute approximate surface area is 240 Å². The molecule has 2 atom stereocenters. The lowest BCUT2D eigenvalue weighted by Gasteiger charge is -2.34. The van der Waals surface area contributed by atoms with Crippen LogP contribution in [0.2, 0.25) is 0 Å². The van der Waals surface area contributed by atoms with E-state index in [0.717, 1.165) is 28.3 Å². The Balaban J connectivity index is 1.78. The van der Waals surface area contributed by atoms with Crippen molar-refractivity contribution in [2.24, 2.45) is 5.73 Å². The second kappa shape index (κ2) is 12.0. The molecule has 0 saturated carbocycles. The van der Waals surface area contributed by atoms with E-state index in [1.54, 1.807) is 42.6 Å². The van der Waals surface area contributed by atoms with Gasteiger partial charge in [0.05, 0.1) is 6.26 Å². The number of aryl methyl sites for hydroxylation is 2. The molecule has 0 saturated heterocycles. The summed E-state index contributed by atoms with van der Waals surface area (Å²) in [6.07, 6.45) is 2.42. The number of H-pyrrole nitrogens is 1. The topological polar surface area (TPSA) is 134 Å². The number of benzene rings is 3. The number of carbonyl (C=O) groups is 3. The molecule has 10 heteroatoms. The summed E-state index contributed by atoms with van der Waals surface area (Å²) in [6.45, 7) is 3.73. The minimum Gasteiger partial charge on any atom is -0.368 e. The van der Waals surface area contributed by atoms with Gasteiger partial charge in [0.25, 0.3) is 11.8 Å². The molecule has 3 amide bonds. The molecule has 0 fully saturated rings. The van der Waals surface area contributed by atoms with Crippen LogP contribution < -0.4 is 5.73 Å².